The van der Waals surface area contributed by atoms with E-state index < -0.39 is 0 Å². The summed E-state index contributed by atoms with van der Waals surface area (Å²) in [6.07, 6.45) is 0. The third-order valence-electron chi connectivity index (χ3n) is 3.28. The smallest absolute Gasteiger partial charge is 0.127 e. The van der Waals surface area contributed by atoms with Crippen LogP contribution in [0.3, 0.4) is 0 Å². The highest BCUT2D eigenvalue weighted by molar-refractivity contribution is 7.99. The number of imidazole rings is 1. The quantitative estimate of drug-likeness (QED) is 0.726. The molecule has 0 saturated heterocycles. The molecule has 1 aromatic carbocycles. The van der Waals surface area contributed by atoms with Gasteiger partial charge in [-0.3, -0.25) is 0 Å². The largest absolute Gasteiger partial charge is 0.497 e. The van der Waals surface area contributed by atoms with Crippen LogP contribution in [0.15, 0.2) is 18.2 Å². The van der Waals surface area contributed by atoms with Gasteiger partial charge >= 0.3 is 0 Å². The molecule has 0 saturated carbocycles. The van der Waals surface area contributed by atoms with Gasteiger partial charge in [-0.15, -0.1) is 11.6 Å². The fourth-order valence-electron chi connectivity index (χ4n) is 2.33. The Bertz CT molecular complexity index is 583. The Morgan fingerprint density at radius 2 is 2.15 bits per heavy atom. The second kappa shape index (κ2) is 6.72. The van der Waals surface area contributed by atoms with Crippen molar-refractivity contribution in [2.45, 2.75) is 32.2 Å². The highest BCUT2D eigenvalue weighted by Crippen LogP contribution is 2.31. The first-order valence-electron chi connectivity index (χ1n) is 6.86. The molecule has 2 rings (SSSR count). The van der Waals surface area contributed by atoms with Gasteiger partial charge in [0.2, 0.25) is 0 Å². The van der Waals surface area contributed by atoms with Gasteiger partial charge in [-0.05, 0) is 31.7 Å². The second-order valence-electron chi connectivity index (χ2n) is 4.82. The molecule has 0 amide bonds. The lowest BCUT2D eigenvalue weighted by Gasteiger charge is -2.18. The van der Waals surface area contributed by atoms with E-state index in [1.54, 1.807) is 7.11 Å². The minimum absolute atomic E-state index is 0.109. The van der Waals surface area contributed by atoms with Crippen molar-refractivity contribution in [1.82, 2.24) is 9.55 Å². The molecule has 3 nitrogen and oxygen atoms in total. The van der Waals surface area contributed by atoms with Gasteiger partial charge in [-0.25, -0.2) is 4.98 Å². The van der Waals surface area contributed by atoms with E-state index in [9.17, 15) is 0 Å². The Morgan fingerprint density at radius 1 is 1.40 bits per heavy atom. The summed E-state index contributed by atoms with van der Waals surface area (Å²) in [5.41, 5.74) is 2.07. The lowest BCUT2D eigenvalue weighted by atomic mass is 10.2. The number of thioether (sulfide) groups is 1. The zero-order valence-electron chi connectivity index (χ0n) is 12.4. The fraction of sp³-hybridized carbons (Fsp3) is 0.533. The first-order valence-corrected chi connectivity index (χ1v) is 8.45. The van der Waals surface area contributed by atoms with Crippen molar-refractivity contribution in [3.8, 4) is 5.75 Å². The number of nitrogens with zero attached hydrogens (tertiary/aromatic N) is 2. The summed E-state index contributed by atoms with van der Waals surface area (Å²) in [7, 11) is 1.67. The van der Waals surface area contributed by atoms with Crippen LogP contribution in [0, 0.1) is 0 Å². The van der Waals surface area contributed by atoms with E-state index in [0.29, 0.717) is 6.04 Å². The van der Waals surface area contributed by atoms with Crippen molar-refractivity contribution in [2.75, 3.05) is 18.6 Å². The predicted octanol–water partition coefficient (Wildman–Crippen LogP) is 4.66. The molecule has 0 spiro atoms. The van der Waals surface area contributed by atoms with E-state index in [1.165, 1.54) is 0 Å². The third-order valence-corrected chi connectivity index (χ3v) is 4.61. The maximum Gasteiger partial charge on any atom is 0.127 e. The number of fused-ring (bicyclic) bond motifs is 1. The lowest BCUT2D eigenvalue weighted by molar-refractivity contribution is 0.415. The van der Waals surface area contributed by atoms with Crippen LogP contribution in [0.4, 0.5) is 0 Å². The van der Waals surface area contributed by atoms with Gasteiger partial charge in [-0.1, -0.05) is 6.92 Å². The zero-order valence-corrected chi connectivity index (χ0v) is 14.0. The van der Waals surface area contributed by atoms with E-state index in [1.807, 2.05) is 30.8 Å². The maximum absolute atomic E-state index is 6.31. The Kier molecular flexibility index (Phi) is 5.22. The molecular formula is C15H21ClN2OS. The van der Waals surface area contributed by atoms with Gasteiger partial charge in [0.15, 0.2) is 0 Å². The van der Waals surface area contributed by atoms with Crippen LogP contribution in [-0.4, -0.2) is 28.2 Å². The van der Waals surface area contributed by atoms with E-state index in [0.717, 1.165) is 34.1 Å². The molecule has 2 unspecified atom stereocenters. The van der Waals surface area contributed by atoms with Crippen molar-refractivity contribution < 1.29 is 4.74 Å². The monoisotopic (exact) mass is 312 g/mol. The summed E-state index contributed by atoms with van der Waals surface area (Å²) in [5.74, 6) is 3.94. The molecule has 0 aliphatic carbocycles. The number of methoxy groups -OCH3 is 1. The average molecular weight is 313 g/mol. The van der Waals surface area contributed by atoms with E-state index >= 15 is 0 Å². The normalized spacial score (nSPS) is 14.4. The van der Waals surface area contributed by atoms with Gasteiger partial charge < -0.3 is 9.30 Å². The van der Waals surface area contributed by atoms with E-state index in [4.69, 9.17) is 21.3 Å². The van der Waals surface area contributed by atoms with Crippen LogP contribution in [-0.2, 0) is 0 Å². The average Bonchev–Trinajstić information content (AvgIpc) is 2.83. The van der Waals surface area contributed by atoms with E-state index in [-0.39, 0.29) is 5.38 Å². The maximum atomic E-state index is 6.31. The van der Waals surface area contributed by atoms with Crippen LogP contribution in [0.25, 0.3) is 11.0 Å². The van der Waals surface area contributed by atoms with Crippen molar-refractivity contribution >= 4 is 34.4 Å². The molecular weight excluding hydrogens is 292 g/mol. The van der Waals surface area contributed by atoms with Crippen LogP contribution >= 0.6 is 23.4 Å². The SMILES string of the molecule is CCSCC(C)n1c(C(C)Cl)nc2cc(OC)ccc21. The van der Waals surface area contributed by atoms with E-state index in [2.05, 4.69) is 24.5 Å². The molecule has 110 valence electrons. The van der Waals surface area contributed by atoms with Crippen molar-refractivity contribution in [1.29, 1.82) is 0 Å². The number of alkyl halides is 1. The molecule has 1 heterocycles. The van der Waals surface area contributed by atoms with Crippen LogP contribution in [0.2, 0.25) is 0 Å². The molecule has 0 aliphatic rings. The Hall–Kier alpha value is -0.870. The second-order valence-corrected chi connectivity index (χ2v) is 6.79. The van der Waals surface area contributed by atoms with Gasteiger partial charge in [0.1, 0.15) is 11.6 Å². The van der Waals surface area contributed by atoms with Crippen LogP contribution in [0.1, 0.15) is 38.0 Å². The molecule has 0 fully saturated rings. The number of aromatic nitrogens is 2. The minimum atomic E-state index is -0.109. The van der Waals surface area contributed by atoms with Gasteiger partial charge in [-0.2, -0.15) is 11.8 Å². The van der Waals surface area contributed by atoms with Crippen molar-refractivity contribution in [2.24, 2.45) is 0 Å². The lowest BCUT2D eigenvalue weighted by Crippen LogP contribution is -2.12. The van der Waals surface area contributed by atoms with Crippen LogP contribution in [0.5, 0.6) is 5.75 Å². The number of hydrogen-bond donors (Lipinski definition) is 0. The summed E-state index contributed by atoms with van der Waals surface area (Å²) in [6.45, 7) is 6.37. The standard InChI is InChI=1S/C15H21ClN2OS/c1-5-20-9-10(2)18-14-7-6-12(19-4)8-13(14)17-15(18)11(3)16/h6-8,10-11H,5,9H2,1-4H3. The molecule has 0 bridgehead atoms. The molecule has 1 aromatic heterocycles. The summed E-state index contributed by atoms with van der Waals surface area (Å²) in [6, 6.07) is 6.38. The Balaban J connectivity index is 2.51. The number of rotatable bonds is 6. The molecule has 2 atom stereocenters. The number of halogens is 1. The highest BCUT2D eigenvalue weighted by Gasteiger charge is 2.19. The summed E-state index contributed by atoms with van der Waals surface area (Å²) < 4.78 is 7.53. The first kappa shape index (κ1) is 15.5. The van der Waals surface area contributed by atoms with Gasteiger partial charge in [0.25, 0.3) is 0 Å². The summed E-state index contributed by atoms with van der Waals surface area (Å²) in [4.78, 5) is 4.69. The fourth-order valence-corrected chi connectivity index (χ4v) is 3.21. The molecule has 0 radical (unpaired) electrons. The number of hydrogen-bond acceptors (Lipinski definition) is 3. The van der Waals surface area contributed by atoms with Gasteiger partial charge in [0, 0.05) is 17.9 Å². The van der Waals surface area contributed by atoms with Crippen molar-refractivity contribution in [3.05, 3.63) is 24.0 Å². The van der Waals surface area contributed by atoms with Gasteiger partial charge in [0.05, 0.1) is 23.5 Å². The zero-order chi connectivity index (χ0) is 14.7. The number of benzene rings is 1. The Morgan fingerprint density at radius 3 is 2.75 bits per heavy atom. The number of ether oxygens (including phenoxy) is 1. The molecule has 2 aromatic rings. The minimum Gasteiger partial charge on any atom is -0.497 e. The van der Waals surface area contributed by atoms with Crippen molar-refractivity contribution in [3.63, 3.8) is 0 Å². The Labute approximate surface area is 129 Å². The summed E-state index contributed by atoms with van der Waals surface area (Å²) >= 11 is 8.24. The molecule has 5 heteroatoms. The summed E-state index contributed by atoms with van der Waals surface area (Å²) in [5, 5.41) is -0.109. The highest BCUT2D eigenvalue weighted by atomic mass is 35.5. The first-order chi connectivity index (χ1) is 9.58. The predicted molar refractivity (Wildman–Crippen MR) is 88.3 cm³/mol. The topological polar surface area (TPSA) is 27.1 Å². The molecule has 0 N–H and O–H groups in total. The third kappa shape index (κ3) is 3.07. The molecule has 20 heavy (non-hydrogen) atoms. The molecule has 0 aliphatic heterocycles. The van der Waals surface area contributed by atoms with Crippen LogP contribution < -0.4 is 4.74 Å².